The summed E-state index contributed by atoms with van der Waals surface area (Å²) < 4.78 is 5.91. The number of primary amides is 1. The van der Waals surface area contributed by atoms with E-state index in [0.29, 0.717) is 17.9 Å². The minimum atomic E-state index is -2.86. The van der Waals surface area contributed by atoms with E-state index in [9.17, 15) is 39.6 Å². The summed E-state index contributed by atoms with van der Waals surface area (Å²) in [7, 11) is 0. The highest BCUT2D eigenvalue weighted by Crippen LogP contribution is 2.56. The van der Waals surface area contributed by atoms with Crippen LogP contribution in [0.5, 0.6) is 5.75 Å². The zero-order valence-corrected chi connectivity index (χ0v) is 21.5. The Morgan fingerprint density at radius 2 is 1.85 bits per heavy atom. The summed E-state index contributed by atoms with van der Waals surface area (Å²) in [6, 6.07) is 4.55. The van der Waals surface area contributed by atoms with Crippen molar-refractivity contribution in [2.75, 3.05) is 13.1 Å². The maximum atomic E-state index is 13.9. The molecule has 3 aliphatic carbocycles. The third-order valence-electron chi connectivity index (χ3n) is 8.82. The van der Waals surface area contributed by atoms with E-state index in [2.05, 4.69) is 5.32 Å². The minimum Gasteiger partial charge on any atom is -0.508 e. The highest BCUT2D eigenvalue weighted by molar-refractivity contribution is 6.23. The van der Waals surface area contributed by atoms with Crippen LogP contribution in [-0.4, -0.2) is 68.7 Å². The first-order valence-electron chi connectivity index (χ1n) is 13.2. The van der Waals surface area contributed by atoms with E-state index in [4.69, 9.17) is 10.5 Å². The Kier molecular flexibility index (Phi) is 6.76. The van der Waals surface area contributed by atoms with E-state index in [1.54, 1.807) is 19.1 Å². The summed E-state index contributed by atoms with van der Waals surface area (Å²) in [5.41, 5.74) is 1.60. The van der Waals surface area contributed by atoms with Crippen LogP contribution in [0.25, 0.3) is 5.76 Å². The summed E-state index contributed by atoms with van der Waals surface area (Å²) in [5.74, 6) is -8.87. The number of nitrogens with two attached hydrogens (primary N) is 1. The van der Waals surface area contributed by atoms with E-state index < -0.39 is 76.4 Å². The number of ketones is 2. The molecule has 1 amide bonds. The van der Waals surface area contributed by atoms with Crippen LogP contribution < -0.4 is 11.1 Å². The van der Waals surface area contributed by atoms with Gasteiger partial charge in [-0.1, -0.05) is 19.1 Å². The van der Waals surface area contributed by atoms with Crippen LogP contribution in [0.1, 0.15) is 56.1 Å². The molecule has 1 aromatic rings. The molecule has 4 aliphatic rings. The van der Waals surface area contributed by atoms with Crippen LogP contribution >= 0.6 is 0 Å². The third-order valence-corrected chi connectivity index (χ3v) is 8.82. The molecule has 5 atom stereocenters. The van der Waals surface area contributed by atoms with Crippen LogP contribution in [-0.2, 0) is 23.9 Å². The number of phenolic OH excluding ortho intramolecular Hbond substituents is 1. The lowest BCUT2D eigenvalue weighted by atomic mass is 9.55. The second-order valence-electron chi connectivity index (χ2n) is 10.9. The number of phenols is 1. The maximum absolute atomic E-state index is 13.9. The van der Waals surface area contributed by atoms with Crippen molar-refractivity contribution >= 4 is 29.2 Å². The van der Waals surface area contributed by atoms with Gasteiger partial charge >= 0.3 is 5.97 Å². The van der Waals surface area contributed by atoms with Gasteiger partial charge in [0.2, 0.25) is 5.78 Å². The molecule has 2 fully saturated rings. The molecule has 208 valence electrons. The first kappa shape index (κ1) is 26.9. The van der Waals surface area contributed by atoms with Crippen molar-refractivity contribution in [1.29, 1.82) is 0 Å². The molecule has 5 rings (SSSR count). The molecule has 1 heterocycles. The highest BCUT2D eigenvalue weighted by atomic mass is 16.5. The van der Waals surface area contributed by atoms with Gasteiger partial charge in [-0.25, -0.2) is 0 Å². The molecule has 11 nitrogen and oxygen atoms in total. The monoisotopic (exact) mass is 540 g/mol. The summed E-state index contributed by atoms with van der Waals surface area (Å²) >= 11 is 0. The molecule has 0 aromatic heterocycles. The largest absolute Gasteiger partial charge is 0.508 e. The van der Waals surface area contributed by atoms with Crippen molar-refractivity contribution in [3.05, 3.63) is 46.2 Å². The number of piperidine rings is 1. The molecule has 1 saturated heterocycles. The fraction of sp³-hybridized carbons (Fsp3) is 0.500. The first-order valence-corrected chi connectivity index (χ1v) is 13.2. The van der Waals surface area contributed by atoms with Crippen LogP contribution in [0.15, 0.2) is 35.1 Å². The number of esters is 1. The number of fused-ring (bicyclic) bond motifs is 3. The molecule has 0 unspecified atom stereocenters. The molecule has 7 N–H and O–H groups in total. The molecule has 1 saturated carbocycles. The number of carbonyl (C=O) groups is 4. The summed E-state index contributed by atoms with van der Waals surface area (Å²) in [6.07, 6.45) is 0.542. The van der Waals surface area contributed by atoms with Crippen molar-refractivity contribution in [1.82, 2.24) is 5.32 Å². The van der Waals surface area contributed by atoms with Gasteiger partial charge in [-0.2, -0.15) is 0 Å². The molecule has 39 heavy (non-hydrogen) atoms. The topological polar surface area (TPSA) is 196 Å². The van der Waals surface area contributed by atoms with Crippen molar-refractivity contribution in [2.24, 2.45) is 23.5 Å². The zero-order chi connectivity index (χ0) is 28.2. The fourth-order valence-electron chi connectivity index (χ4n) is 6.78. The van der Waals surface area contributed by atoms with Crippen molar-refractivity contribution in [3.63, 3.8) is 0 Å². The number of ether oxygens (including phenoxy) is 1. The van der Waals surface area contributed by atoms with E-state index in [-0.39, 0.29) is 23.3 Å². The van der Waals surface area contributed by atoms with Gasteiger partial charge in [0.15, 0.2) is 11.4 Å². The standard InChI is InChI=1S/C28H32N2O9/c1-12-14-3-2-4-16(31)20(14)23(34)22-19(12)24(39-18(33)6-5-13-7-9-30-10-8-13)15-11-17(32)21(27(29)37)25(35)28(15,38)26(22)36/h2-4,12-13,15,19,24,30-31,34-35,38H,5-11H2,1H3,(H2,29,37)/t12-,15+,19+,24+,28+/m0/s1. The third kappa shape index (κ3) is 4.11. The molecule has 1 aliphatic heterocycles. The zero-order valence-electron chi connectivity index (χ0n) is 21.5. The Morgan fingerprint density at radius 1 is 1.15 bits per heavy atom. The van der Waals surface area contributed by atoms with Gasteiger partial charge in [0.1, 0.15) is 28.9 Å². The fourth-order valence-corrected chi connectivity index (χ4v) is 6.78. The Labute approximate surface area is 224 Å². The number of carbonyl (C=O) groups excluding carboxylic acids is 4. The van der Waals surface area contributed by atoms with E-state index >= 15 is 0 Å². The predicted octanol–water partition coefficient (Wildman–Crippen LogP) is 1.29. The summed E-state index contributed by atoms with van der Waals surface area (Å²) in [4.78, 5) is 51.9. The average Bonchev–Trinajstić information content (AvgIpc) is 2.89. The smallest absolute Gasteiger partial charge is 0.306 e. The average molecular weight is 541 g/mol. The van der Waals surface area contributed by atoms with E-state index in [1.807, 2.05) is 0 Å². The highest BCUT2D eigenvalue weighted by Gasteiger charge is 2.66. The number of aliphatic hydroxyl groups excluding tert-OH is 2. The Balaban J connectivity index is 1.61. The van der Waals surface area contributed by atoms with Gasteiger partial charge in [-0.3, -0.25) is 19.2 Å². The van der Waals surface area contributed by atoms with Gasteiger partial charge < -0.3 is 36.2 Å². The predicted molar refractivity (Wildman–Crippen MR) is 136 cm³/mol. The van der Waals surface area contributed by atoms with Crippen LogP contribution in [0, 0.1) is 17.8 Å². The molecule has 0 radical (unpaired) electrons. The molecular formula is C28H32N2O9. The number of Topliss-reactive ketones (excluding diaryl/α,β-unsaturated/α-hetero) is 2. The van der Waals surface area contributed by atoms with Gasteiger partial charge in [-0.05, 0) is 55.8 Å². The van der Waals surface area contributed by atoms with Crippen molar-refractivity contribution in [2.45, 2.75) is 56.7 Å². The number of hydrogen-bond donors (Lipinski definition) is 6. The Hall–Kier alpha value is -3.70. The molecular weight excluding hydrogens is 508 g/mol. The van der Waals surface area contributed by atoms with Gasteiger partial charge in [0.25, 0.3) is 5.91 Å². The quantitative estimate of drug-likeness (QED) is 0.234. The van der Waals surface area contributed by atoms with E-state index in [1.165, 1.54) is 6.07 Å². The summed E-state index contributed by atoms with van der Waals surface area (Å²) in [6.45, 7) is 3.43. The molecule has 11 heteroatoms. The first-order chi connectivity index (χ1) is 18.5. The lowest BCUT2D eigenvalue weighted by molar-refractivity contribution is -0.178. The van der Waals surface area contributed by atoms with Crippen LogP contribution in [0.3, 0.4) is 0 Å². The van der Waals surface area contributed by atoms with Gasteiger partial charge in [0.05, 0.1) is 5.56 Å². The van der Waals surface area contributed by atoms with Crippen LogP contribution in [0.2, 0.25) is 0 Å². The van der Waals surface area contributed by atoms with Crippen LogP contribution in [0.4, 0.5) is 0 Å². The number of aliphatic hydroxyl groups is 3. The lowest BCUT2D eigenvalue weighted by Crippen LogP contribution is -2.64. The Bertz CT molecular complexity index is 1330. The second-order valence-corrected chi connectivity index (χ2v) is 10.9. The van der Waals surface area contributed by atoms with E-state index in [0.717, 1.165) is 25.9 Å². The number of benzene rings is 1. The minimum absolute atomic E-state index is 0.0203. The number of hydrogen-bond acceptors (Lipinski definition) is 10. The SMILES string of the molecule is C[C@H]1c2cccc(O)c2C(O)=C2C(=O)[C@]3(O)C(O)=C(C(N)=O)C(=O)C[C@@H]3[C@@H](OC(=O)CCC3CCNCC3)[C@@H]21. The lowest BCUT2D eigenvalue weighted by Gasteiger charge is -2.51. The number of amides is 1. The maximum Gasteiger partial charge on any atom is 0.306 e. The second kappa shape index (κ2) is 9.80. The number of aromatic hydroxyl groups is 1. The van der Waals surface area contributed by atoms with Crippen molar-refractivity contribution < 1.29 is 44.3 Å². The van der Waals surface area contributed by atoms with Gasteiger partial charge in [-0.15, -0.1) is 0 Å². The normalized spacial score (nSPS) is 30.9. The summed E-state index contributed by atoms with van der Waals surface area (Å²) in [5, 5.41) is 47.7. The molecule has 1 aromatic carbocycles. The number of nitrogens with one attached hydrogen (secondary N) is 1. The molecule has 0 spiro atoms. The van der Waals surface area contributed by atoms with Gasteiger partial charge in [0, 0.05) is 30.3 Å². The van der Waals surface area contributed by atoms with Crippen molar-refractivity contribution in [3.8, 4) is 5.75 Å². The molecule has 0 bridgehead atoms. The number of rotatable bonds is 5. The Morgan fingerprint density at radius 3 is 2.51 bits per heavy atom.